The van der Waals surface area contributed by atoms with Gasteiger partial charge in [0.25, 0.3) is 0 Å². The first-order valence-corrected chi connectivity index (χ1v) is 4.64. The zero-order chi connectivity index (χ0) is 10.8. The number of rotatable bonds is 3. The number of methoxy groups -OCH3 is 1. The maximum absolute atomic E-state index is 5.19. The highest BCUT2D eigenvalue weighted by atomic mass is 16.5. The van der Waals surface area contributed by atoms with Crippen LogP contribution in [0.4, 0.5) is 0 Å². The maximum atomic E-state index is 5.19. The molecule has 0 heterocycles. The summed E-state index contributed by atoms with van der Waals surface area (Å²) in [4.78, 5) is 2.06. The van der Waals surface area contributed by atoms with Gasteiger partial charge >= 0.3 is 0 Å². The molecule has 2 N–H and O–H groups in total. The summed E-state index contributed by atoms with van der Waals surface area (Å²) in [6.45, 7) is 1.74. The molecule has 3 nitrogen and oxygen atoms in total. The van der Waals surface area contributed by atoms with Gasteiger partial charge in [0.05, 0.1) is 7.11 Å². The molecule has 0 atom stereocenters. The Hall–Kier alpha value is -1.06. The van der Waals surface area contributed by atoms with Crippen molar-refractivity contribution in [2.24, 2.45) is 5.73 Å². The molecule has 0 fully saturated rings. The van der Waals surface area contributed by atoms with E-state index in [-0.39, 0.29) is 0 Å². The third-order valence-electron chi connectivity index (χ3n) is 1.56. The van der Waals surface area contributed by atoms with Crippen LogP contribution in [-0.4, -0.2) is 39.2 Å². The van der Waals surface area contributed by atoms with Crippen LogP contribution < -0.4 is 10.5 Å². The van der Waals surface area contributed by atoms with Crippen molar-refractivity contribution in [3.05, 3.63) is 30.3 Å². The Balaban J connectivity index is 0.000000255. The zero-order valence-corrected chi connectivity index (χ0v) is 9.23. The quantitative estimate of drug-likeness (QED) is 0.789. The fraction of sp³-hybridized carbons (Fsp3) is 0.455. The summed E-state index contributed by atoms with van der Waals surface area (Å²) in [5.74, 6) is 0.910. The molecule has 0 saturated heterocycles. The summed E-state index contributed by atoms with van der Waals surface area (Å²) >= 11 is 0. The lowest BCUT2D eigenvalue weighted by molar-refractivity contribution is 0.415. The third kappa shape index (κ3) is 7.58. The molecule has 1 aromatic rings. The van der Waals surface area contributed by atoms with Gasteiger partial charge in [-0.2, -0.15) is 0 Å². The molecule has 1 rings (SSSR count). The molecule has 0 saturated carbocycles. The van der Waals surface area contributed by atoms with Crippen LogP contribution in [0.25, 0.3) is 0 Å². The van der Waals surface area contributed by atoms with Crippen molar-refractivity contribution in [1.29, 1.82) is 0 Å². The van der Waals surface area contributed by atoms with Gasteiger partial charge in [0.15, 0.2) is 0 Å². The van der Waals surface area contributed by atoms with Crippen LogP contribution in [0.1, 0.15) is 0 Å². The second kappa shape index (κ2) is 8.53. The van der Waals surface area contributed by atoms with Crippen molar-refractivity contribution < 1.29 is 4.74 Å². The minimum Gasteiger partial charge on any atom is -0.497 e. The molecule has 0 aromatic heterocycles. The molecule has 0 bridgehead atoms. The Labute approximate surface area is 86.5 Å². The van der Waals surface area contributed by atoms with Gasteiger partial charge in [-0.1, -0.05) is 18.2 Å². The van der Waals surface area contributed by atoms with Crippen molar-refractivity contribution in [3.63, 3.8) is 0 Å². The highest BCUT2D eigenvalue weighted by molar-refractivity contribution is 5.20. The molecule has 0 amide bonds. The zero-order valence-electron chi connectivity index (χ0n) is 9.23. The Kier molecular flexibility index (Phi) is 7.89. The number of hydrogen-bond acceptors (Lipinski definition) is 3. The fourth-order valence-electron chi connectivity index (χ4n) is 0.815. The number of hydrogen-bond donors (Lipinski definition) is 1. The molecule has 14 heavy (non-hydrogen) atoms. The number of nitrogens with two attached hydrogens (primary N) is 1. The van der Waals surface area contributed by atoms with Crippen molar-refractivity contribution in [3.8, 4) is 5.75 Å². The SMILES string of the molecule is CN(C)CCN.COc1ccccc1. The van der Waals surface area contributed by atoms with Crippen LogP contribution in [0.3, 0.4) is 0 Å². The van der Waals surface area contributed by atoms with E-state index < -0.39 is 0 Å². The molecule has 0 radical (unpaired) electrons. The van der Waals surface area contributed by atoms with E-state index in [1.165, 1.54) is 0 Å². The molecular formula is C11H20N2O. The molecule has 80 valence electrons. The summed E-state index contributed by atoms with van der Waals surface area (Å²) in [5, 5.41) is 0. The molecule has 0 spiro atoms. The first-order valence-electron chi connectivity index (χ1n) is 4.64. The molecule has 0 aliphatic rings. The van der Waals surface area contributed by atoms with Crippen molar-refractivity contribution in [1.82, 2.24) is 4.90 Å². The van der Waals surface area contributed by atoms with Gasteiger partial charge in [-0.3, -0.25) is 0 Å². The van der Waals surface area contributed by atoms with Crippen LogP contribution in [0, 0.1) is 0 Å². The van der Waals surface area contributed by atoms with Crippen molar-refractivity contribution >= 4 is 0 Å². The number of para-hydroxylation sites is 1. The number of likely N-dealkylation sites (N-methyl/N-ethyl adjacent to an activating group) is 1. The van der Waals surface area contributed by atoms with Crippen LogP contribution in [0.5, 0.6) is 5.75 Å². The monoisotopic (exact) mass is 196 g/mol. The van der Waals surface area contributed by atoms with E-state index in [1.807, 2.05) is 44.4 Å². The number of nitrogens with zero attached hydrogens (tertiary/aromatic N) is 1. The van der Waals surface area contributed by atoms with Crippen LogP contribution >= 0.6 is 0 Å². The normalized spacial score (nSPS) is 9.21. The first-order chi connectivity index (χ1) is 6.70. The minimum atomic E-state index is 0.757. The molecule has 0 unspecified atom stereocenters. The Morgan fingerprint density at radius 2 is 1.79 bits per heavy atom. The minimum absolute atomic E-state index is 0.757. The smallest absolute Gasteiger partial charge is 0.118 e. The van der Waals surface area contributed by atoms with Gasteiger partial charge in [-0.05, 0) is 26.2 Å². The summed E-state index contributed by atoms with van der Waals surface area (Å²) in [5.41, 5.74) is 5.19. The summed E-state index contributed by atoms with van der Waals surface area (Å²) < 4.78 is 4.91. The topological polar surface area (TPSA) is 38.5 Å². The molecule has 0 aliphatic heterocycles. The maximum Gasteiger partial charge on any atom is 0.118 e. The van der Waals surface area contributed by atoms with E-state index in [4.69, 9.17) is 10.5 Å². The standard InChI is InChI=1S/C7H8O.C4H12N2/c1-8-7-5-3-2-4-6-7;1-6(2)4-3-5/h2-6H,1H3;3-5H2,1-2H3. The van der Waals surface area contributed by atoms with Crippen molar-refractivity contribution in [2.75, 3.05) is 34.3 Å². The molecule has 3 heteroatoms. The third-order valence-corrected chi connectivity index (χ3v) is 1.56. The van der Waals surface area contributed by atoms with E-state index in [2.05, 4.69) is 4.90 Å². The fourth-order valence-corrected chi connectivity index (χ4v) is 0.815. The molecule has 1 aromatic carbocycles. The van der Waals surface area contributed by atoms with E-state index >= 15 is 0 Å². The Bertz CT molecular complexity index is 212. The summed E-state index contributed by atoms with van der Waals surface area (Å²) in [6, 6.07) is 9.68. The highest BCUT2D eigenvalue weighted by Crippen LogP contribution is 2.05. The van der Waals surface area contributed by atoms with E-state index in [9.17, 15) is 0 Å². The first kappa shape index (κ1) is 12.9. The van der Waals surface area contributed by atoms with Gasteiger partial charge in [-0.15, -0.1) is 0 Å². The average molecular weight is 196 g/mol. The van der Waals surface area contributed by atoms with Gasteiger partial charge < -0.3 is 15.4 Å². The van der Waals surface area contributed by atoms with E-state index in [0.717, 1.165) is 18.8 Å². The highest BCUT2D eigenvalue weighted by Gasteiger charge is 1.80. The second-order valence-corrected chi connectivity index (χ2v) is 3.11. The lowest BCUT2D eigenvalue weighted by atomic mass is 10.3. The summed E-state index contributed by atoms with van der Waals surface area (Å²) in [7, 11) is 5.68. The van der Waals surface area contributed by atoms with Gasteiger partial charge in [0, 0.05) is 13.1 Å². The van der Waals surface area contributed by atoms with Gasteiger partial charge in [0.1, 0.15) is 5.75 Å². The predicted molar refractivity (Wildman–Crippen MR) is 60.6 cm³/mol. The number of ether oxygens (including phenoxy) is 1. The average Bonchev–Trinajstić information content (AvgIpc) is 2.20. The second-order valence-electron chi connectivity index (χ2n) is 3.11. The van der Waals surface area contributed by atoms with E-state index in [1.54, 1.807) is 7.11 Å². The van der Waals surface area contributed by atoms with Crippen molar-refractivity contribution in [2.45, 2.75) is 0 Å². The van der Waals surface area contributed by atoms with E-state index in [0.29, 0.717) is 0 Å². The molecule has 0 aliphatic carbocycles. The van der Waals surface area contributed by atoms with Gasteiger partial charge in [-0.25, -0.2) is 0 Å². The predicted octanol–water partition coefficient (Wildman–Crippen LogP) is 1.20. The lowest BCUT2D eigenvalue weighted by Gasteiger charge is -2.03. The van der Waals surface area contributed by atoms with Crippen LogP contribution in [-0.2, 0) is 0 Å². The van der Waals surface area contributed by atoms with Crippen LogP contribution in [0.2, 0.25) is 0 Å². The largest absolute Gasteiger partial charge is 0.497 e. The lowest BCUT2D eigenvalue weighted by Crippen LogP contribution is -2.20. The summed E-state index contributed by atoms with van der Waals surface area (Å²) in [6.07, 6.45) is 0. The van der Waals surface area contributed by atoms with Gasteiger partial charge in [0.2, 0.25) is 0 Å². The Morgan fingerprint density at radius 1 is 1.21 bits per heavy atom. The molecular weight excluding hydrogens is 176 g/mol. The Morgan fingerprint density at radius 3 is 2.00 bits per heavy atom. The van der Waals surface area contributed by atoms with Crippen LogP contribution in [0.15, 0.2) is 30.3 Å². The number of benzene rings is 1.